The van der Waals surface area contributed by atoms with Gasteiger partial charge in [-0.1, -0.05) is 77.2 Å². The van der Waals surface area contributed by atoms with E-state index < -0.39 is 0 Å². The van der Waals surface area contributed by atoms with Crippen LogP contribution < -0.4 is 0 Å². The predicted octanol–water partition coefficient (Wildman–Crippen LogP) is 4.26. The van der Waals surface area contributed by atoms with E-state index in [1.165, 1.54) is 22.3 Å². The first-order chi connectivity index (χ1) is 14.9. The van der Waals surface area contributed by atoms with Crippen LogP contribution in [0.1, 0.15) is 11.1 Å². The van der Waals surface area contributed by atoms with Gasteiger partial charge in [0.2, 0.25) is 0 Å². The molecule has 0 N–H and O–H groups in total. The molecule has 2 aromatic heterocycles. The van der Waals surface area contributed by atoms with Crippen LogP contribution in [0.25, 0.3) is 45.0 Å². The second-order valence-electron chi connectivity index (χ2n) is 7.78. The second kappa shape index (κ2) is 5.73. The van der Waals surface area contributed by atoms with Gasteiger partial charge in [-0.2, -0.15) is 0 Å². The lowest BCUT2D eigenvalue weighted by Gasteiger charge is -2.05. The molecule has 6 nitrogen and oxygen atoms in total. The molecule has 0 atom stereocenters. The third kappa shape index (κ3) is 2.07. The zero-order valence-corrected chi connectivity index (χ0v) is 16.0. The van der Waals surface area contributed by atoms with E-state index in [-0.39, 0.29) is 0 Å². The lowest BCUT2D eigenvalue weighted by atomic mass is 9.99. The highest BCUT2D eigenvalue weighted by Crippen LogP contribution is 2.40. The van der Waals surface area contributed by atoms with Crippen molar-refractivity contribution in [1.29, 1.82) is 0 Å². The summed E-state index contributed by atoms with van der Waals surface area (Å²) in [4.78, 5) is 0. The monoisotopic (exact) mass is 388 g/mol. The fourth-order valence-electron chi connectivity index (χ4n) is 4.68. The SMILES string of the molecule is c1cc(-c2nnn3c2-c2ccccc2C3)cc(-c2nnn3c2-c2ccccc2C3)c1. The molecule has 4 heterocycles. The first-order valence-electron chi connectivity index (χ1n) is 10.0. The molecule has 6 heteroatoms. The Morgan fingerprint density at radius 2 is 1.07 bits per heavy atom. The molecule has 0 unspecified atom stereocenters. The molecule has 0 saturated heterocycles. The van der Waals surface area contributed by atoms with Crippen LogP contribution in [0.15, 0.2) is 72.8 Å². The van der Waals surface area contributed by atoms with E-state index in [0.717, 1.165) is 47.0 Å². The number of hydrogen-bond donors (Lipinski definition) is 0. The zero-order chi connectivity index (χ0) is 19.7. The minimum Gasteiger partial charge on any atom is -0.240 e. The van der Waals surface area contributed by atoms with Crippen molar-refractivity contribution in [3.8, 4) is 45.0 Å². The molecular weight excluding hydrogens is 372 g/mol. The van der Waals surface area contributed by atoms with Gasteiger partial charge in [0, 0.05) is 22.3 Å². The van der Waals surface area contributed by atoms with Gasteiger partial charge in [0.05, 0.1) is 24.5 Å². The van der Waals surface area contributed by atoms with E-state index in [1.54, 1.807) is 0 Å². The molecule has 30 heavy (non-hydrogen) atoms. The predicted molar refractivity (Wildman–Crippen MR) is 114 cm³/mol. The fraction of sp³-hybridized carbons (Fsp3) is 0.0833. The summed E-state index contributed by atoms with van der Waals surface area (Å²) in [6.45, 7) is 1.54. The molecule has 0 fully saturated rings. The molecule has 0 spiro atoms. The number of hydrogen-bond acceptors (Lipinski definition) is 4. The lowest BCUT2D eigenvalue weighted by molar-refractivity contribution is 0.675. The Hall–Kier alpha value is -4.06. The summed E-state index contributed by atoms with van der Waals surface area (Å²) < 4.78 is 3.97. The average molecular weight is 388 g/mol. The summed E-state index contributed by atoms with van der Waals surface area (Å²) >= 11 is 0. The van der Waals surface area contributed by atoms with Gasteiger partial charge in [-0.3, -0.25) is 0 Å². The Balaban J connectivity index is 1.37. The van der Waals surface area contributed by atoms with Gasteiger partial charge in [-0.15, -0.1) is 10.2 Å². The van der Waals surface area contributed by atoms with Crippen molar-refractivity contribution in [3.05, 3.63) is 83.9 Å². The van der Waals surface area contributed by atoms with E-state index in [2.05, 4.69) is 93.4 Å². The molecule has 7 rings (SSSR count). The van der Waals surface area contributed by atoms with Gasteiger partial charge in [-0.05, 0) is 17.2 Å². The van der Waals surface area contributed by atoms with E-state index in [0.29, 0.717) is 0 Å². The number of rotatable bonds is 2. The van der Waals surface area contributed by atoms with Crippen molar-refractivity contribution >= 4 is 0 Å². The van der Waals surface area contributed by atoms with Gasteiger partial charge in [0.15, 0.2) is 0 Å². The summed E-state index contributed by atoms with van der Waals surface area (Å²) in [7, 11) is 0. The van der Waals surface area contributed by atoms with Crippen LogP contribution in [0.3, 0.4) is 0 Å². The Morgan fingerprint density at radius 1 is 0.567 bits per heavy atom. The van der Waals surface area contributed by atoms with Gasteiger partial charge >= 0.3 is 0 Å². The van der Waals surface area contributed by atoms with Gasteiger partial charge in [-0.25, -0.2) is 9.36 Å². The zero-order valence-electron chi connectivity index (χ0n) is 16.0. The molecule has 142 valence electrons. The molecule has 3 aromatic carbocycles. The highest BCUT2D eigenvalue weighted by Gasteiger charge is 2.27. The Bertz CT molecular complexity index is 1350. The maximum Gasteiger partial charge on any atom is 0.121 e. The maximum absolute atomic E-state index is 4.51. The third-order valence-electron chi connectivity index (χ3n) is 6.06. The molecular formula is C24H16N6. The Kier molecular flexibility index (Phi) is 3.02. The van der Waals surface area contributed by atoms with Crippen molar-refractivity contribution in [1.82, 2.24) is 30.0 Å². The van der Waals surface area contributed by atoms with E-state index >= 15 is 0 Å². The molecule has 0 amide bonds. The van der Waals surface area contributed by atoms with E-state index in [1.807, 2.05) is 9.36 Å². The molecule has 2 aliphatic heterocycles. The van der Waals surface area contributed by atoms with Crippen molar-refractivity contribution in [2.45, 2.75) is 13.1 Å². The molecule has 0 saturated carbocycles. The minimum absolute atomic E-state index is 0.771. The largest absolute Gasteiger partial charge is 0.240 e. The number of fused-ring (bicyclic) bond motifs is 6. The van der Waals surface area contributed by atoms with Crippen molar-refractivity contribution in [3.63, 3.8) is 0 Å². The molecule has 0 aliphatic carbocycles. The van der Waals surface area contributed by atoms with Crippen molar-refractivity contribution in [2.75, 3.05) is 0 Å². The van der Waals surface area contributed by atoms with Gasteiger partial charge in [0.1, 0.15) is 11.4 Å². The quantitative estimate of drug-likeness (QED) is 0.444. The average Bonchev–Trinajstić information content (AvgIpc) is 3.53. The normalized spacial score (nSPS) is 13.1. The van der Waals surface area contributed by atoms with E-state index in [4.69, 9.17) is 0 Å². The molecule has 0 bridgehead atoms. The van der Waals surface area contributed by atoms with Crippen molar-refractivity contribution in [2.24, 2.45) is 0 Å². The minimum atomic E-state index is 0.771. The summed E-state index contributed by atoms with van der Waals surface area (Å²) in [6, 6.07) is 25.3. The van der Waals surface area contributed by atoms with Gasteiger partial charge < -0.3 is 0 Å². The van der Waals surface area contributed by atoms with Crippen LogP contribution in [0.2, 0.25) is 0 Å². The lowest BCUT2D eigenvalue weighted by Crippen LogP contribution is -1.94. The standard InChI is InChI=1S/C24H16N6/c1-3-10-19-17(6-1)13-29-23(19)21(25-27-29)15-8-5-9-16(12-15)22-24-20-11-4-2-7-18(20)14-30(24)28-26-22/h1-12H,13-14H2. The number of aromatic nitrogens is 6. The van der Waals surface area contributed by atoms with Crippen LogP contribution >= 0.6 is 0 Å². The van der Waals surface area contributed by atoms with E-state index in [9.17, 15) is 0 Å². The van der Waals surface area contributed by atoms with Crippen LogP contribution in [0.5, 0.6) is 0 Å². The highest BCUT2D eigenvalue weighted by molar-refractivity contribution is 5.86. The summed E-state index contributed by atoms with van der Waals surface area (Å²) in [5.41, 5.74) is 11.1. The number of nitrogens with zero attached hydrogens (tertiary/aromatic N) is 6. The highest BCUT2D eigenvalue weighted by atomic mass is 15.4. The van der Waals surface area contributed by atoms with Crippen molar-refractivity contribution < 1.29 is 0 Å². The summed E-state index contributed by atoms with van der Waals surface area (Å²) in [5.74, 6) is 0. The first kappa shape index (κ1) is 15.8. The van der Waals surface area contributed by atoms with Gasteiger partial charge in [0.25, 0.3) is 0 Å². The summed E-state index contributed by atoms with van der Waals surface area (Å²) in [5, 5.41) is 17.8. The van der Waals surface area contributed by atoms with Crippen LogP contribution in [-0.4, -0.2) is 30.0 Å². The summed E-state index contributed by atoms with van der Waals surface area (Å²) in [6.07, 6.45) is 0. The van der Waals surface area contributed by atoms with Crippen LogP contribution in [-0.2, 0) is 13.1 Å². The molecule has 0 radical (unpaired) electrons. The number of benzene rings is 3. The maximum atomic E-state index is 4.51. The molecule has 2 aliphatic rings. The fourth-order valence-corrected chi connectivity index (χ4v) is 4.68. The Labute approximate surface area is 172 Å². The second-order valence-corrected chi connectivity index (χ2v) is 7.78. The topological polar surface area (TPSA) is 61.4 Å². The first-order valence-corrected chi connectivity index (χ1v) is 10.0. The van der Waals surface area contributed by atoms with Crippen LogP contribution in [0, 0.1) is 0 Å². The third-order valence-corrected chi connectivity index (χ3v) is 6.06. The molecule has 5 aromatic rings. The Morgan fingerprint density at radius 3 is 1.60 bits per heavy atom. The smallest absolute Gasteiger partial charge is 0.121 e. The van der Waals surface area contributed by atoms with Crippen LogP contribution in [0.4, 0.5) is 0 Å².